The molecule has 0 aliphatic heterocycles. The molecule has 1 rings (SSSR count). The highest BCUT2D eigenvalue weighted by Gasteiger charge is 2.34. The van der Waals surface area contributed by atoms with Gasteiger partial charge in [0, 0.05) is 5.25 Å². The number of rotatable bonds is 6. The van der Waals surface area contributed by atoms with Crippen LogP contribution in [0.3, 0.4) is 0 Å². The number of ether oxygens (including phenoxy) is 1. The van der Waals surface area contributed by atoms with Crippen LogP contribution in [0.25, 0.3) is 0 Å². The molecule has 0 aromatic carbocycles. The summed E-state index contributed by atoms with van der Waals surface area (Å²) in [5.41, 5.74) is -0.661. The molecule has 1 N–H and O–H groups in total. The van der Waals surface area contributed by atoms with Crippen LogP contribution in [0.1, 0.15) is 20.3 Å². The van der Waals surface area contributed by atoms with Crippen LogP contribution < -0.4 is 5.32 Å². The van der Waals surface area contributed by atoms with Crippen molar-refractivity contribution in [3.05, 3.63) is 6.33 Å². The van der Waals surface area contributed by atoms with Gasteiger partial charge in [0.25, 0.3) is 0 Å². The average molecular weight is 275 g/mol. The highest BCUT2D eigenvalue weighted by molar-refractivity contribution is 8.01. The Labute approximate surface area is 110 Å². The van der Waals surface area contributed by atoms with Gasteiger partial charge in [-0.05, 0) is 31.9 Å². The number of esters is 1. The van der Waals surface area contributed by atoms with Gasteiger partial charge < -0.3 is 10.1 Å². The van der Waals surface area contributed by atoms with E-state index in [0.717, 1.165) is 4.34 Å². The van der Waals surface area contributed by atoms with Crippen LogP contribution in [-0.4, -0.2) is 40.3 Å². The zero-order valence-corrected chi connectivity index (χ0v) is 12.0. The van der Waals surface area contributed by atoms with Crippen LogP contribution in [0.5, 0.6) is 0 Å². The fourth-order valence-corrected chi connectivity index (χ4v) is 3.46. The lowest BCUT2D eigenvalue weighted by molar-refractivity contribution is -0.147. The molecule has 0 fully saturated rings. The molecular formula is C10H17N3O2S2. The van der Waals surface area contributed by atoms with Crippen molar-refractivity contribution in [3.63, 3.8) is 0 Å². The summed E-state index contributed by atoms with van der Waals surface area (Å²) in [5.74, 6) is -0.246. The van der Waals surface area contributed by atoms with E-state index in [2.05, 4.69) is 21.6 Å². The molecule has 2 atom stereocenters. The van der Waals surface area contributed by atoms with Gasteiger partial charge in [0.1, 0.15) is 11.9 Å². The van der Waals surface area contributed by atoms with E-state index in [1.165, 1.54) is 25.0 Å². The summed E-state index contributed by atoms with van der Waals surface area (Å²) >= 11 is 2.98. The van der Waals surface area contributed by atoms with Gasteiger partial charge in [-0.25, -0.2) is 4.98 Å². The molecule has 0 amide bonds. The van der Waals surface area contributed by atoms with E-state index in [9.17, 15) is 4.79 Å². The normalized spacial score (nSPS) is 16.2. The van der Waals surface area contributed by atoms with Crippen LogP contribution >= 0.6 is 23.3 Å². The van der Waals surface area contributed by atoms with Crippen molar-refractivity contribution in [3.8, 4) is 0 Å². The number of aromatic nitrogens is 2. The predicted molar refractivity (Wildman–Crippen MR) is 69.3 cm³/mol. The second kappa shape index (κ2) is 6.32. The summed E-state index contributed by atoms with van der Waals surface area (Å²) in [7, 11) is 3.17. The molecule has 0 saturated heterocycles. The third-order valence-electron chi connectivity index (χ3n) is 2.53. The molecule has 5 nitrogen and oxygen atoms in total. The van der Waals surface area contributed by atoms with Crippen molar-refractivity contribution in [2.45, 2.75) is 35.4 Å². The van der Waals surface area contributed by atoms with Crippen molar-refractivity contribution < 1.29 is 9.53 Å². The fraction of sp³-hybridized carbons (Fsp3) is 0.700. The predicted octanol–water partition coefficient (Wildman–Crippen LogP) is 1.56. The van der Waals surface area contributed by atoms with Crippen molar-refractivity contribution in [1.29, 1.82) is 0 Å². The Hall–Kier alpha value is -0.660. The molecule has 0 saturated carbocycles. The number of nitrogens with zero attached hydrogens (tertiary/aromatic N) is 2. The summed E-state index contributed by atoms with van der Waals surface area (Å²) in [6, 6.07) is 0. The second-order valence-corrected chi connectivity index (χ2v) is 6.38. The average Bonchev–Trinajstić information content (AvgIpc) is 2.80. The van der Waals surface area contributed by atoms with Gasteiger partial charge in [0.15, 0.2) is 4.34 Å². The molecular weight excluding hydrogens is 258 g/mol. The molecule has 17 heavy (non-hydrogen) atoms. The molecule has 96 valence electrons. The molecule has 1 aromatic heterocycles. The highest BCUT2D eigenvalue weighted by Crippen LogP contribution is 2.29. The highest BCUT2D eigenvalue weighted by atomic mass is 32.2. The summed E-state index contributed by atoms with van der Waals surface area (Å²) in [4.78, 5) is 15.8. The zero-order valence-electron chi connectivity index (χ0n) is 10.4. The van der Waals surface area contributed by atoms with E-state index in [1.54, 1.807) is 18.8 Å². The maximum Gasteiger partial charge on any atom is 0.325 e. The van der Waals surface area contributed by atoms with E-state index < -0.39 is 5.54 Å². The Kier molecular flexibility index (Phi) is 5.35. The maximum absolute atomic E-state index is 11.7. The van der Waals surface area contributed by atoms with Crippen LogP contribution in [0, 0.1) is 0 Å². The minimum Gasteiger partial charge on any atom is -0.468 e. The Balaban J connectivity index is 2.59. The number of nitrogens with one attached hydrogen (secondary N) is 1. The maximum atomic E-state index is 11.7. The van der Waals surface area contributed by atoms with Gasteiger partial charge in [0.05, 0.1) is 7.11 Å². The van der Waals surface area contributed by atoms with Gasteiger partial charge in [-0.15, -0.1) is 0 Å². The van der Waals surface area contributed by atoms with Gasteiger partial charge in [0.2, 0.25) is 0 Å². The molecule has 0 radical (unpaired) electrons. The SMILES string of the molecule is CNC(C)(CC(C)Sc1ncns1)C(=O)OC. The van der Waals surface area contributed by atoms with E-state index >= 15 is 0 Å². The van der Waals surface area contributed by atoms with Gasteiger partial charge in [-0.1, -0.05) is 18.7 Å². The summed E-state index contributed by atoms with van der Waals surface area (Å²) in [6.07, 6.45) is 2.21. The van der Waals surface area contributed by atoms with Crippen molar-refractivity contribution in [1.82, 2.24) is 14.7 Å². The second-order valence-electron chi connectivity index (χ2n) is 3.91. The molecule has 0 spiro atoms. The molecule has 0 aliphatic rings. The molecule has 0 bridgehead atoms. The van der Waals surface area contributed by atoms with Crippen LogP contribution in [0.15, 0.2) is 10.7 Å². The number of carbonyl (C=O) groups excluding carboxylic acids is 1. The minimum atomic E-state index is -0.661. The van der Waals surface area contributed by atoms with Gasteiger partial charge in [-0.3, -0.25) is 4.79 Å². The lowest BCUT2D eigenvalue weighted by Gasteiger charge is -2.28. The van der Waals surface area contributed by atoms with Crippen LogP contribution in [0.2, 0.25) is 0 Å². The molecule has 7 heteroatoms. The number of likely N-dealkylation sites (N-methyl/N-ethyl adjacent to an activating group) is 1. The standard InChI is InChI=1S/C10H17N3O2S2/c1-7(16-9-12-6-13-17-9)5-10(2,11-3)8(14)15-4/h6-7,11H,5H2,1-4H3. The van der Waals surface area contributed by atoms with Gasteiger partial charge in [-0.2, -0.15) is 4.37 Å². The number of carbonyl (C=O) groups is 1. The third kappa shape index (κ3) is 3.93. The van der Waals surface area contributed by atoms with Crippen molar-refractivity contribution in [2.75, 3.05) is 14.2 Å². The lowest BCUT2D eigenvalue weighted by Crippen LogP contribution is -2.49. The summed E-state index contributed by atoms with van der Waals surface area (Å²) in [5, 5.41) is 3.27. The molecule has 1 heterocycles. The largest absolute Gasteiger partial charge is 0.468 e. The first-order chi connectivity index (χ1) is 8.01. The molecule has 0 aliphatic carbocycles. The van der Waals surface area contributed by atoms with E-state index in [1.807, 2.05) is 6.92 Å². The quantitative estimate of drug-likeness (QED) is 0.628. The summed E-state index contributed by atoms with van der Waals surface area (Å²) < 4.78 is 9.67. The van der Waals surface area contributed by atoms with E-state index in [4.69, 9.17) is 4.74 Å². The third-order valence-corrected chi connectivity index (χ3v) is 4.38. The van der Waals surface area contributed by atoms with E-state index in [0.29, 0.717) is 6.42 Å². The fourth-order valence-electron chi connectivity index (χ4n) is 1.52. The number of methoxy groups -OCH3 is 1. The first-order valence-electron chi connectivity index (χ1n) is 5.22. The smallest absolute Gasteiger partial charge is 0.325 e. The number of thioether (sulfide) groups is 1. The Bertz CT molecular complexity index is 358. The van der Waals surface area contributed by atoms with Gasteiger partial charge >= 0.3 is 5.97 Å². The monoisotopic (exact) mass is 275 g/mol. The van der Waals surface area contributed by atoms with Crippen LogP contribution in [0.4, 0.5) is 0 Å². The first kappa shape index (κ1) is 14.4. The zero-order chi connectivity index (χ0) is 12.9. The van der Waals surface area contributed by atoms with Crippen LogP contribution in [-0.2, 0) is 9.53 Å². The number of hydrogen-bond acceptors (Lipinski definition) is 7. The summed E-state index contributed by atoms with van der Waals surface area (Å²) in [6.45, 7) is 3.90. The number of hydrogen-bond donors (Lipinski definition) is 1. The Morgan fingerprint density at radius 1 is 1.76 bits per heavy atom. The minimum absolute atomic E-state index is 0.246. The first-order valence-corrected chi connectivity index (χ1v) is 6.88. The lowest BCUT2D eigenvalue weighted by atomic mass is 9.96. The van der Waals surface area contributed by atoms with E-state index in [-0.39, 0.29) is 11.2 Å². The van der Waals surface area contributed by atoms with Crippen molar-refractivity contribution in [2.24, 2.45) is 0 Å². The Morgan fingerprint density at radius 3 is 2.94 bits per heavy atom. The molecule has 1 aromatic rings. The molecule has 2 unspecified atom stereocenters. The van der Waals surface area contributed by atoms with Crippen molar-refractivity contribution >= 4 is 29.3 Å². The topological polar surface area (TPSA) is 64.1 Å². The Morgan fingerprint density at radius 2 is 2.47 bits per heavy atom.